The Balaban J connectivity index is 1.94. The van der Waals surface area contributed by atoms with Gasteiger partial charge in [0, 0.05) is 10.9 Å². The summed E-state index contributed by atoms with van der Waals surface area (Å²) in [6, 6.07) is 24.5. The lowest BCUT2D eigenvalue weighted by atomic mass is 10.1. The first-order valence-electron chi connectivity index (χ1n) is 7.84. The van der Waals surface area contributed by atoms with E-state index in [9.17, 15) is 13.2 Å². The Morgan fingerprint density at radius 2 is 1.12 bits per heavy atom. The molecule has 0 radical (unpaired) electrons. The molecule has 0 saturated carbocycles. The highest BCUT2D eigenvalue weighted by molar-refractivity contribution is 8.06. The molecule has 0 aliphatic heterocycles. The summed E-state index contributed by atoms with van der Waals surface area (Å²) in [6.45, 7) is 0. The van der Waals surface area contributed by atoms with Gasteiger partial charge in [-0.3, -0.25) is 4.79 Å². The molecule has 25 heavy (non-hydrogen) atoms. The van der Waals surface area contributed by atoms with Gasteiger partial charge in [0.2, 0.25) is 9.84 Å². The molecule has 4 aromatic rings. The van der Waals surface area contributed by atoms with E-state index in [2.05, 4.69) is 0 Å². The zero-order chi connectivity index (χ0) is 17.4. The van der Waals surface area contributed by atoms with Crippen LogP contribution in [0.25, 0.3) is 21.5 Å². The average Bonchev–Trinajstić information content (AvgIpc) is 2.66. The molecule has 0 fully saturated rings. The number of carbonyl (C=O) groups excluding carboxylic acids is 1. The van der Waals surface area contributed by atoms with Gasteiger partial charge in [-0.05, 0) is 28.3 Å². The van der Waals surface area contributed by atoms with Gasteiger partial charge in [0.25, 0.3) is 5.12 Å². The van der Waals surface area contributed by atoms with Crippen molar-refractivity contribution < 1.29 is 13.2 Å². The van der Waals surface area contributed by atoms with Crippen molar-refractivity contribution in [2.75, 3.05) is 0 Å². The van der Waals surface area contributed by atoms with E-state index in [0.29, 0.717) is 10.8 Å². The minimum atomic E-state index is -4.15. The largest absolute Gasteiger partial charge is 0.282 e. The van der Waals surface area contributed by atoms with Crippen LogP contribution in [0.3, 0.4) is 0 Å². The maximum Gasteiger partial charge on any atom is 0.282 e. The second-order valence-corrected chi connectivity index (χ2v) is 7.61. The molecular formula is C21H14O3S. The third kappa shape index (κ3) is 2.51. The molecule has 122 valence electrons. The Hall–Kier alpha value is -2.98. The number of rotatable bonds is 2. The molecule has 0 unspecified atom stereocenters. The van der Waals surface area contributed by atoms with Gasteiger partial charge >= 0.3 is 0 Å². The van der Waals surface area contributed by atoms with Crippen LogP contribution in [-0.2, 0) is 9.84 Å². The first-order valence-corrected chi connectivity index (χ1v) is 9.32. The van der Waals surface area contributed by atoms with Gasteiger partial charge in [-0.15, -0.1) is 0 Å². The van der Waals surface area contributed by atoms with Crippen molar-refractivity contribution in [3.8, 4) is 0 Å². The molecule has 0 heterocycles. The van der Waals surface area contributed by atoms with Crippen LogP contribution in [0.4, 0.5) is 0 Å². The minimum Gasteiger partial charge on any atom is -0.276 e. The monoisotopic (exact) mass is 346 g/mol. The summed E-state index contributed by atoms with van der Waals surface area (Å²) in [7, 11) is -4.15. The number of fused-ring (bicyclic) bond motifs is 2. The van der Waals surface area contributed by atoms with Crippen LogP contribution in [0.1, 0.15) is 10.4 Å². The Kier molecular flexibility index (Phi) is 3.62. The fourth-order valence-electron chi connectivity index (χ4n) is 3.08. The van der Waals surface area contributed by atoms with E-state index >= 15 is 0 Å². The lowest BCUT2D eigenvalue weighted by molar-refractivity contribution is 0.107. The molecule has 3 nitrogen and oxygen atoms in total. The molecule has 0 N–H and O–H groups in total. The zero-order valence-corrected chi connectivity index (χ0v) is 14.0. The lowest BCUT2D eigenvalue weighted by Crippen LogP contribution is -2.16. The van der Waals surface area contributed by atoms with E-state index in [1.165, 1.54) is 6.07 Å². The molecule has 0 amide bonds. The van der Waals surface area contributed by atoms with Crippen molar-refractivity contribution in [1.82, 2.24) is 0 Å². The second-order valence-electron chi connectivity index (χ2n) is 5.79. The normalized spacial score (nSPS) is 11.7. The summed E-state index contributed by atoms with van der Waals surface area (Å²) in [4.78, 5) is 13.0. The highest BCUT2D eigenvalue weighted by atomic mass is 32.2. The molecule has 0 spiro atoms. The Morgan fingerprint density at radius 1 is 0.600 bits per heavy atom. The SMILES string of the molecule is O=C(c1cccc2ccccc12)S(=O)(=O)c1cccc2ccccc12. The third-order valence-corrected chi connectivity index (χ3v) is 5.94. The number of benzene rings is 4. The Morgan fingerprint density at radius 3 is 1.84 bits per heavy atom. The van der Waals surface area contributed by atoms with Crippen LogP contribution in [0, 0.1) is 0 Å². The average molecular weight is 346 g/mol. The van der Waals surface area contributed by atoms with Gasteiger partial charge in [-0.2, -0.15) is 0 Å². The summed E-state index contributed by atoms with van der Waals surface area (Å²) < 4.78 is 26.1. The van der Waals surface area contributed by atoms with E-state index in [1.807, 2.05) is 36.4 Å². The Bertz CT molecular complexity index is 1210. The molecule has 0 aliphatic rings. The maximum atomic E-state index is 13.0. The van der Waals surface area contributed by atoms with Gasteiger partial charge in [-0.25, -0.2) is 8.42 Å². The number of sulfone groups is 1. The Labute approximate surface area is 145 Å². The number of hydrogen-bond acceptors (Lipinski definition) is 3. The van der Waals surface area contributed by atoms with Crippen molar-refractivity contribution in [3.05, 3.63) is 90.5 Å². The summed E-state index contributed by atoms with van der Waals surface area (Å²) in [5, 5.41) is 1.94. The molecule has 0 atom stereocenters. The number of hydrogen-bond donors (Lipinski definition) is 0. The second kappa shape index (κ2) is 5.83. The van der Waals surface area contributed by atoms with Crippen molar-refractivity contribution in [2.45, 2.75) is 4.90 Å². The molecule has 0 aliphatic carbocycles. The lowest BCUT2D eigenvalue weighted by Gasteiger charge is -2.09. The predicted molar refractivity (Wildman–Crippen MR) is 99.4 cm³/mol. The third-order valence-electron chi connectivity index (χ3n) is 4.29. The highest BCUT2D eigenvalue weighted by Crippen LogP contribution is 2.28. The van der Waals surface area contributed by atoms with Crippen molar-refractivity contribution in [2.24, 2.45) is 0 Å². The molecular weight excluding hydrogens is 332 g/mol. The summed E-state index contributed by atoms with van der Waals surface area (Å²) in [6.07, 6.45) is 0. The zero-order valence-electron chi connectivity index (χ0n) is 13.2. The van der Waals surface area contributed by atoms with Gasteiger partial charge in [0.05, 0.1) is 4.90 Å². The van der Waals surface area contributed by atoms with Gasteiger partial charge in [0.1, 0.15) is 0 Å². The predicted octanol–water partition coefficient (Wildman–Crippen LogP) is 4.61. The van der Waals surface area contributed by atoms with E-state index < -0.39 is 15.0 Å². The summed E-state index contributed by atoms with van der Waals surface area (Å²) in [5.74, 6) is 0. The van der Waals surface area contributed by atoms with Crippen molar-refractivity contribution in [1.29, 1.82) is 0 Å². The topological polar surface area (TPSA) is 51.2 Å². The van der Waals surface area contributed by atoms with Crippen molar-refractivity contribution >= 4 is 36.5 Å². The fraction of sp³-hybridized carbons (Fsp3) is 0. The first kappa shape index (κ1) is 15.5. The van der Waals surface area contributed by atoms with E-state index in [1.54, 1.807) is 42.5 Å². The fourth-order valence-corrected chi connectivity index (χ4v) is 4.48. The summed E-state index contributed by atoms with van der Waals surface area (Å²) in [5.41, 5.74) is 0.200. The molecule has 0 saturated heterocycles. The van der Waals surface area contributed by atoms with Crippen LogP contribution in [-0.4, -0.2) is 13.5 Å². The molecule has 0 aromatic heterocycles. The van der Waals surface area contributed by atoms with E-state index in [-0.39, 0.29) is 10.5 Å². The standard InChI is InChI=1S/C21H14O3S/c22-21(19-13-5-9-15-7-1-3-11-17(15)19)25(23,24)20-14-6-10-16-8-2-4-12-18(16)20/h1-14H. The highest BCUT2D eigenvalue weighted by Gasteiger charge is 2.29. The first-order chi connectivity index (χ1) is 12.1. The van der Waals surface area contributed by atoms with Crippen LogP contribution in [0.2, 0.25) is 0 Å². The quantitative estimate of drug-likeness (QED) is 0.533. The van der Waals surface area contributed by atoms with Crippen LogP contribution in [0.15, 0.2) is 89.8 Å². The van der Waals surface area contributed by atoms with Gasteiger partial charge in [0.15, 0.2) is 0 Å². The van der Waals surface area contributed by atoms with Crippen molar-refractivity contribution in [3.63, 3.8) is 0 Å². The van der Waals surface area contributed by atoms with Crippen LogP contribution in [0.5, 0.6) is 0 Å². The van der Waals surface area contributed by atoms with E-state index in [4.69, 9.17) is 0 Å². The molecule has 4 heteroatoms. The smallest absolute Gasteiger partial charge is 0.276 e. The minimum absolute atomic E-state index is 0.0449. The summed E-state index contributed by atoms with van der Waals surface area (Å²) >= 11 is 0. The maximum absolute atomic E-state index is 13.0. The van der Waals surface area contributed by atoms with E-state index in [0.717, 1.165) is 10.8 Å². The number of carbonyl (C=O) groups is 1. The molecule has 4 rings (SSSR count). The molecule has 0 bridgehead atoms. The molecule has 4 aromatic carbocycles. The van der Waals surface area contributed by atoms with Gasteiger partial charge in [-0.1, -0.05) is 72.8 Å². The van der Waals surface area contributed by atoms with Crippen LogP contribution < -0.4 is 0 Å². The van der Waals surface area contributed by atoms with Gasteiger partial charge < -0.3 is 0 Å². The van der Waals surface area contributed by atoms with Crippen LogP contribution >= 0.6 is 0 Å².